The second-order valence-electron chi connectivity index (χ2n) is 9.44. The second kappa shape index (κ2) is 12.5. The van der Waals surface area contributed by atoms with Gasteiger partial charge in [0.15, 0.2) is 0 Å². The second-order valence-corrected chi connectivity index (χ2v) is 9.96. The first kappa shape index (κ1) is 26.7. The summed E-state index contributed by atoms with van der Waals surface area (Å²) in [6, 6.07) is 10.0. The van der Waals surface area contributed by atoms with E-state index in [-0.39, 0.29) is 23.9 Å². The maximum Gasteiger partial charge on any atom is 0.311 e. The van der Waals surface area contributed by atoms with Crippen LogP contribution in [0.3, 0.4) is 0 Å². The summed E-state index contributed by atoms with van der Waals surface area (Å²) in [5.41, 5.74) is 0.446. The summed E-state index contributed by atoms with van der Waals surface area (Å²) in [7, 11) is 0. The van der Waals surface area contributed by atoms with Crippen LogP contribution < -0.4 is 0 Å². The Balaban J connectivity index is 2.61. The number of allylic oxidation sites excluding steroid dienone is 1. The molecule has 0 spiro atoms. The minimum absolute atomic E-state index is 0.177. The van der Waals surface area contributed by atoms with E-state index in [1.807, 2.05) is 58.0 Å². The van der Waals surface area contributed by atoms with Gasteiger partial charge in [0.1, 0.15) is 0 Å². The van der Waals surface area contributed by atoms with Crippen LogP contribution in [0.25, 0.3) is 0 Å². The van der Waals surface area contributed by atoms with Crippen molar-refractivity contribution in [1.29, 1.82) is 0 Å². The molecule has 170 valence electrons. The Morgan fingerprint density at radius 3 is 2.37 bits per heavy atom. The lowest BCUT2D eigenvalue weighted by molar-refractivity contribution is -0.157. The first-order valence-corrected chi connectivity index (χ1v) is 11.2. The standard InChI is InChI=1S/C25H39ClO4/c1-19(2)22(26)14-15-25(6,28)21(18-30-23(27)24(3,4)5)13-10-16-29-17-20-11-8-7-9-12-20/h7-9,11-12,21-22,28H,1,10,13-18H2,2-6H3/t21-,22+,25-/m1/s1. The molecule has 0 aliphatic heterocycles. The zero-order valence-corrected chi connectivity index (χ0v) is 20.0. The van der Waals surface area contributed by atoms with Crippen molar-refractivity contribution in [2.24, 2.45) is 11.3 Å². The molecule has 0 heterocycles. The van der Waals surface area contributed by atoms with E-state index >= 15 is 0 Å². The van der Waals surface area contributed by atoms with Gasteiger partial charge in [0.2, 0.25) is 0 Å². The predicted octanol–water partition coefficient (Wildman–Crippen LogP) is 5.90. The van der Waals surface area contributed by atoms with Gasteiger partial charge in [-0.2, -0.15) is 0 Å². The number of hydrogen-bond acceptors (Lipinski definition) is 4. The number of hydrogen-bond donors (Lipinski definition) is 1. The molecule has 0 aromatic heterocycles. The Bertz CT molecular complexity index is 649. The van der Waals surface area contributed by atoms with E-state index in [4.69, 9.17) is 21.1 Å². The average Bonchev–Trinajstić information content (AvgIpc) is 2.67. The molecule has 4 nitrogen and oxygen atoms in total. The molecule has 0 aliphatic carbocycles. The lowest BCUT2D eigenvalue weighted by Crippen LogP contribution is -2.39. The average molecular weight is 439 g/mol. The molecule has 1 aromatic carbocycles. The molecular weight excluding hydrogens is 400 g/mol. The molecule has 1 N–H and O–H groups in total. The number of benzene rings is 1. The largest absolute Gasteiger partial charge is 0.465 e. The lowest BCUT2D eigenvalue weighted by Gasteiger charge is -2.34. The fourth-order valence-electron chi connectivity index (χ4n) is 3.03. The van der Waals surface area contributed by atoms with E-state index in [9.17, 15) is 9.90 Å². The van der Waals surface area contributed by atoms with Gasteiger partial charge < -0.3 is 14.6 Å². The molecule has 30 heavy (non-hydrogen) atoms. The fraction of sp³-hybridized carbons (Fsp3) is 0.640. The summed E-state index contributed by atoms with van der Waals surface area (Å²) >= 11 is 6.30. The smallest absolute Gasteiger partial charge is 0.311 e. The van der Waals surface area contributed by atoms with Crippen LogP contribution in [0.2, 0.25) is 0 Å². The van der Waals surface area contributed by atoms with Gasteiger partial charge in [0, 0.05) is 12.5 Å². The lowest BCUT2D eigenvalue weighted by atomic mass is 9.82. The first-order valence-electron chi connectivity index (χ1n) is 10.7. The van der Waals surface area contributed by atoms with Crippen LogP contribution in [0, 0.1) is 11.3 Å². The highest BCUT2D eigenvalue weighted by Crippen LogP contribution is 2.30. The van der Waals surface area contributed by atoms with Gasteiger partial charge in [-0.3, -0.25) is 4.79 Å². The van der Waals surface area contributed by atoms with Crippen molar-refractivity contribution < 1.29 is 19.4 Å². The van der Waals surface area contributed by atoms with E-state index in [1.165, 1.54) is 0 Å². The molecule has 0 bridgehead atoms. The van der Waals surface area contributed by atoms with Crippen LogP contribution >= 0.6 is 11.6 Å². The molecule has 5 heteroatoms. The van der Waals surface area contributed by atoms with E-state index in [1.54, 1.807) is 6.92 Å². The summed E-state index contributed by atoms with van der Waals surface area (Å²) in [6.07, 6.45) is 2.60. The summed E-state index contributed by atoms with van der Waals surface area (Å²) in [5, 5.41) is 11.0. The number of esters is 1. The van der Waals surface area contributed by atoms with Crippen molar-refractivity contribution in [1.82, 2.24) is 0 Å². The monoisotopic (exact) mass is 438 g/mol. The highest BCUT2D eigenvalue weighted by atomic mass is 35.5. The molecule has 3 atom stereocenters. The molecular formula is C25H39ClO4. The zero-order valence-electron chi connectivity index (χ0n) is 19.2. The normalized spacial score (nSPS) is 15.8. The molecule has 0 saturated carbocycles. The third-order valence-corrected chi connectivity index (χ3v) is 5.89. The Labute approximate surface area is 187 Å². The summed E-state index contributed by atoms with van der Waals surface area (Å²) < 4.78 is 11.3. The Kier molecular flexibility index (Phi) is 11.1. The van der Waals surface area contributed by atoms with Gasteiger partial charge >= 0.3 is 5.97 Å². The third-order valence-electron chi connectivity index (χ3n) is 5.30. The van der Waals surface area contributed by atoms with Crippen molar-refractivity contribution >= 4 is 17.6 Å². The summed E-state index contributed by atoms with van der Waals surface area (Å²) in [5.74, 6) is -0.459. The molecule has 0 radical (unpaired) electrons. The van der Waals surface area contributed by atoms with Crippen molar-refractivity contribution in [2.45, 2.75) is 77.9 Å². The topological polar surface area (TPSA) is 55.8 Å². The number of carbonyl (C=O) groups excluding carboxylic acids is 1. The summed E-state index contributed by atoms with van der Waals surface area (Å²) in [6.45, 7) is 14.4. The molecule has 1 rings (SSSR count). The van der Waals surface area contributed by atoms with Crippen LogP contribution in [0.5, 0.6) is 0 Å². The number of halogens is 1. The molecule has 1 aromatic rings. The van der Waals surface area contributed by atoms with E-state index in [2.05, 4.69) is 6.58 Å². The number of carbonyl (C=O) groups is 1. The minimum Gasteiger partial charge on any atom is -0.465 e. The third kappa shape index (κ3) is 10.1. The number of rotatable bonds is 13. The van der Waals surface area contributed by atoms with E-state index < -0.39 is 11.0 Å². The van der Waals surface area contributed by atoms with Crippen molar-refractivity contribution in [3.05, 3.63) is 48.0 Å². The van der Waals surface area contributed by atoms with Crippen molar-refractivity contribution in [3.8, 4) is 0 Å². The molecule has 0 saturated heterocycles. The van der Waals surface area contributed by atoms with Gasteiger partial charge in [0.25, 0.3) is 0 Å². The minimum atomic E-state index is -1.000. The van der Waals surface area contributed by atoms with Crippen LogP contribution in [0.4, 0.5) is 0 Å². The maximum atomic E-state index is 12.2. The molecule has 0 unspecified atom stereocenters. The highest BCUT2D eigenvalue weighted by molar-refractivity contribution is 6.22. The van der Waals surface area contributed by atoms with Gasteiger partial charge in [0.05, 0.1) is 29.6 Å². The van der Waals surface area contributed by atoms with E-state index in [0.717, 1.165) is 17.6 Å². The Morgan fingerprint density at radius 1 is 1.17 bits per heavy atom. The number of ether oxygens (including phenoxy) is 2. The van der Waals surface area contributed by atoms with Crippen LogP contribution in [0.1, 0.15) is 65.9 Å². The van der Waals surface area contributed by atoms with Crippen molar-refractivity contribution in [2.75, 3.05) is 13.2 Å². The summed E-state index contributed by atoms with van der Waals surface area (Å²) in [4.78, 5) is 12.2. The van der Waals surface area contributed by atoms with Gasteiger partial charge in [-0.15, -0.1) is 11.6 Å². The molecule has 0 fully saturated rings. The van der Waals surface area contributed by atoms with Crippen LogP contribution in [-0.2, 0) is 20.9 Å². The Hall–Kier alpha value is -1.36. The quantitative estimate of drug-likeness (QED) is 0.180. The van der Waals surface area contributed by atoms with E-state index in [0.29, 0.717) is 32.5 Å². The molecule has 0 aliphatic rings. The van der Waals surface area contributed by atoms with Gasteiger partial charge in [-0.05, 0) is 65.9 Å². The van der Waals surface area contributed by atoms with Gasteiger partial charge in [-0.25, -0.2) is 0 Å². The van der Waals surface area contributed by atoms with Crippen molar-refractivity contribution in [3.63, 3.8) is 0 Å². The zero-order chi connectivity index (χ0) is 22.8. The number of aliphatic hydroxyl groups is 1. The maximum absolute atomic E-state index is 12.2. The van der Waals surface area contributed by atoms with Crippen LogP contribution in [0.15, 0.2) is 42.5 Å². The predicted molar refractivity (Wildman–Crippen MR) is 124 cm³/mol. The highest BCUT2D eigenvalue weighted by Gasteiger charge is 2.34. The van der Waals surface area contributed by atoms with Gasteiger partial charge in [-0.1, -0.05) is 42.5 Å². The van der Waals surface area contributed by atoms with Crippen LogP contribution in [-0.4, -0.2) is 35.3 Å². The number of alkyl halides is 1. The fourth-order valence-corrected chi connectivity index (χ4v) is 3.14. The SMILES string of the molecule is C=C(C)[C@@H](Cl)CC[C@@](C)(O)[C@H](CCCOCc1ccccc1)COC(=O)C(C)(C)C. The molecule has 0 amide bonds. The first-order chi connectivity index (χ1) is 13.9. The Morgan fingerprint density at radius 2 is 1.80 bits per heavy atom.